The van der Waals surface area contributed by atoms with Crippen LogP contribution in [-0.4, -0.2) is 48.1 Å². The fraction of sp³-hybridized carbons (Fsp3) is 0.556. The standard InChI is InChI=1S/C18H27N3O3/c22-16-7-5-6-15(14-16)8-10-19-18(24)20-11-9-17(23)21-12-3-1-2-4-13-21/h5-7,14,22H,1-4,8-13H2,(H2,19,20,24). The second-order valence-corrected chi connectivity index (χ2v) is 6.15. The first-order valence-electron chi connectivity index (χ1n) is 8.72. The molecule has 1 fully saturated rings. The molecule has 2 rings (SSSR count). The minimum Gasteiger partial charge on any atom is -0.508 e. The summed E-state index contributed by atoms with van der Waals surface area (Å²) in [5, 5.41) is 14.9. The molecule has 3 amide bonds. The largest absolute Gasteiger partial charge is 0.508 e. The summed E-state index contributed by atoms with van der Waals surface area (Å²) >= 11 is 0. The number of nitrogens with zero attached hydrogens (tertiary/aromatic N) is 1. The predicted octanol–water partition coefficient (Wildman–Crippen LogP) is 2.03. The maximum Gasteiger partial charge on any atom is 0.314 e. The number of aromatic hydroxyl groups is 1. The maximum atomic E-state index is 12.1. The highest BCUT2D eigenvalue weighted by atomic mass is 16.3. The summed E-state index contributed by atoms with van der Waals surface area (Å²) in [6.07, 6.45) is 5.55. The normalized spacial score (nSPS) is 14.8. The highest BCUT2D eigenvalue weighted by molar-refractivity contribution is 5.78. The van der Waals surface area contributed by atoms with E-state index in [0.717, 1.165) is 31.5 Å². The lowest BCUT2D eigenvalue weighted by Crippen LogP contribution is -2.39. The van der Waals surface area contributed by atoms with Gasteiger partial charge in [0.05, 0.1) is 0 Å². The molecule has 0 unspecified atom stereocenters. The van der Waals surface area contributed by atoms with Crippen molar-refractivity contribution in [3.8, 4) is 5.75 Å². The first-order valence-corrected chi connectivity index (χ1v) is 8.72. The Morgan fingerprint density at radius 3 is 2.46 bits per heavy atom. The first kappa shape index (κ1) is 18.1. The molecule has 6 heteroatoms. The number of likely N-dealkylation sites (tertiary alicyclic amines) is 1. The molecular weight excluding hydrogens is 306 g/mol. The molecule has 1 aliphatic rings. The van der Waals surface area contributed by atoms with Crippen LogP contribution >= 0.6 is 0 Å². The molecule has 1 aromatic rings. The van der Waals surface area contributed by atoms with Crippen molar-refractivity contribution in [2.24, 2.45) is 0 Å². The van der Waals surface area contributed by atoms with Crippen molar-refractivity contribution in [2.45, 2.75) is 38.5 Å². The average Bonchev–Trinajstić information content (AvgIpc) is 2.84. The molecule has 0 aliphatic carbocycles. The molecule has 0 aromatic heterocycles. The highest BCUT2D eigenvalue weighted by Crippen LogP contribution is 2.11. The van der Waals surface area contributed by atoms with Gasteiger partial charge in [-0.3, -0.25) is 4.79 Å². The van der Waals surface area contributed by atoms with Gasteiger partial charge >= 0.3 is 6.03 Å². The number of nitrogens with one attached hydrogen (secondary N) is 2. The zero-order valence-electron chi connectivity index (χ0n) is 14.1. The molecule has 3 N–H and O–H groups in total. The maximum absolute atomic E-state index is 12.1. The minimum atomic E-state index is -0.265. The Morgan fingerprint density at radius 1 is 1.04 bits per heavy atom. The third kappa shape index (κ3) is 6.48. The van der Waals surface area contributed by atoms with E-state index in [-0.39, 0.29) is 17.7 Å². The number of hydrogen-bond donors (Lipinski definition) is 3. The Morgan fingerprint density at radius 2 is 1.75 bits per heavy atom. The number of amides is 3. The summed E-state index contributed by atoms with van der Waals surface area (Å²) < 4.78 is 0. The fourth-order valence-corrected chi connectivity index (χ4v) is 2.86. The van der Waals surface area contributed by atoms with Crippen LogP contribution in [0.3, 0.4) is 0 Å². The summed E-state index contributed by atoms with van der Waals surface area (Å²) in [5.41, 5.74) is 0.964. The number of phenols is 1. The van der Waals surface area contributed by atoms with E-state index in [1.54, 1.807) is 18.2 Å². The van der Waals surface area contributed by atoms with Gasteiger partial charge in [-0.05, 0) is 37.0 Å². The molecular formula is C18H27N3O3. The van der Waals surface area contributed by atoms with Crippen LogP contribution in [-0.2, 0) is 11.2 Å². The number of benzene rings is 1. The molecule has 0 spiro atoms. The summed E-state index contributed by atoms with van der Waals surface area (Å²) in [5.74, 6) is 0.348. The van der Waals surface area contributed by atoms with E-state index in [4.69, 9.17) is 0 Å². The summed E-state index contributed by atoms with van der Waals surface area (Å²) in [6.45, 7) is 2.52. The summed E-state index contributed by atoms with van der Waals surface area (Å²) in [6, 6.07) is 6.71. The first-order chi connectivity index (χ1) is 11.6. The Kier molecular flexibility index (Phi) is 7.39. The molecule has 24 heavy (non-hydrogen) atoms. The van der Waals surface area contributed by atoms with Crippen LogP contribution in [0.1, 0.15) is 37.7 Å². The van der Waals surface area contributed by atoms with E-state index in [1.165, 1.54) is 12.8 Å². The van der Waals surface area contributed by atoms with Gasteiger partial charge in [-0.25, -0.2) is 4.79 Å². The van der Waals surface area contributed by atoms with Gasteiger partial charge in [0.25, 0.3) is 0 Å². The topological polar surface area (TPSA) is 81.7 Å². The van der Waals surface area contributed by atoms with E-state index >= 15 is 0 Å². The highest BCUT2D eigenvalue weighted by Gasteiger charge is 2.15. The Bertz CT molecular complexity index is 540. The molecule has 0 atom stereocenters. The van der Waals surface area contributed by atoms with Crippen LogP contribution < -0.4 is 10.6 Å². The van der Waals surface area contributed by atoms with Crippen molar-refractivity contribution >= 4 is 11.9 Å². The van der Waals surface area contributed by atoms with E-state index in [9.17, 15) is 14.7 Å². The molecule has 1 heterocycles. The van der Waals surface area contributed by atoms with E-state index in [2.05, 4.69) is 10.6 Å². The summed E-state index contributed by atoms with van der Waals surface area (Å²) in [4.78, 5) is 25.7. The van der Waals surface area contributed by atoms with Gasteiger partial charge in [0.2, 0.25) is 5.91 Å². The third-order valence-corrected chi connectivity index (χ3v) is 4.19. The Labute approximate surface area is 143 Å². The van der Waals surface area contributed by atoms with Crippen molar-refractivity contribution in [3.05, 3.63) is 29.8 Å². The van der Waals surface area contributed by atoms with Crippen LogP contribution in [0.4, 0.5) is 4.79 Å². The van der Waals surface area contributed by atoms with Crippen LogP contribution in [0.5, 0.6) is 5.75 Å². The number of carbonyl (C=O) groups is 2. The second-order valence-electron chi connectivity index (χ2n) is 6.15. The average molecular weight is 333 g/mol. The fourth-order valence-electron chi connectivity index (χ4n) is 2.86. The second kappa shape index (κ2) is 9.80. The lowest BCUT2D eigenvalue weighted by atomic mass is 10.1. The van der Waals surface area contributed by atoms with E-state index < -0.39 is 0 Å². The van der Waals surface area contributed by atoms with Crippen LogP contribution in [0.2, 0.25) is 0 Å². The molecule has 0 saturated carbocycles. The van der Waals surface area contributed by atoms with Gasteiger partial charge in [0.15, 0.2) is 0 Å². The summed E-state index contributed by atoms with van der Waals surface area (Å²) in [7, 11) is 0. The SMILES string of the molecule is O=C(NCCC(=O)N1CCCCCC1)NCCc1cccc(O)c1. The van der Waals surface area contributed by atoms with Crippen LogP contribution in [0.15, 0.2) is 24.3 Å². The van der Waals surface area contributed by atoms with E-state index in [1.807, 2.05) is 11.0 Å². The van der Waals surface area contributed by atoms with Crippen molar-refractivity contribution in [1.29, 1.82) is 0 Å². The number of urea groups is 1. The number of hydrogen-bond acceptors (Lipinski definition) is 3. The zero-order chi connectivity index (χ0) is 17.2. The van der Waals surface area contributed by atoms with Gasteiger partial charge in [-0.2, -0.15) is 0 Å². The number of phenolic OH excluding ortho intramolecular Hbond substituents is 1. The molecule has 0 radical (unpaired) electrons. The van der Waals surface area contributed by atoms with Crippen molar-refractivity contribution in [1.82, 2.24) is 15.5 Å². The van der Waals surface area contributed by atoms with Gasteiger partial charge < -0.3 is 20.6 Å². The van der Waals surface area contributed by atoms with Crippen molar-refractivity contribution < 1.29 is 14.7 Å². The molecule has 0 bridgehead atoms. The monoisotopic (exact) mass is 333 g/mol. The molecule has 1 aromatic carbocycles. The van der Waals surface area contributed by atoms with Gasteiger partial charge in [-0.15, -0.1) is 0 Å². The smallest absolute Gasteiger partial charge is 0.314 e. The Hall–Kier alpha value is -2.24. The quantitative estimate of drug-likeness (QED) is 0.745. The number of rotatable bonds is 6. The van der Waals surface area contributed by atoms with Gasteiger partial charge in [0.1, 0.15) is 5.75 Å². The van der Waals surface area contributed by atoms with Gasteiger partial charge in [0, 0.05) is 32.6 Å². The lowest BCUT2D eigenvalue weighted by molar-refractivity contribution is -0.131. The lowest BCUT2D eigenvalue weighted by Gasteiger charge is -2.20. The predicted molar refractivity (Wildman–Crippen MR) is 92.9 cm³/mol. The Balaban J connectivity index is 1.58. The minimum absolute atomic E-state index is 0.122. The van der Waals surface area contributed by atoms with E-state index in [0.29, 0.717) is 25.9 Å². The van der Waals surface area contributed by atoms with Crippen molar-refractivity contribution in [3.63, 3.8) is 0 Å². The zero-order valence-corrected chi connectivity index (χ0v) is 14.1. The van der Waals surface area contributed by atoms with Crippen LogP contribution in [0.25, 0.3) is 0 Å². The van der Waals surface area contributed by atoms with Gasteiger partial charge in [-0.1, -0.05) is 25.0 Å². The van der Waals surface area contributed by atoms with Crippen molar-refractivity contribution in [2.75, 3.05) is 26.2 Å². The third-order valence-electron chi connectivity index (χ3n) is 4.19. The van der Waals surface area contributed by atoms with Crippen LogP contribution in [0, 0.1) is 0 Å². The molecule has 1 saturated heterocycles. The number of carbonyl (C=O) groups excluding carboxylic acids is 2. The molecule has 6 nitrogen and oxygen atoms in total. The molecule has 1 aliphatic heterocycles. The molecule has 132 valence electrons.